The number of nitrogens with zero attached hydrogens (tertiary/aromatic N) is 2. The molecule has 0 unspecified atom stereocenters. The van der Waals surface area contributed by atoms with Crippen molar-refractivity contribution in [1.82, 2.24) is 4.90 Å². The summed E-state index contributed by atoms with van der Waals surface area (Å²) in [5.41, 5.74) is 2.68. The Hall–Kier alpha value is -1.06. The molecule has 1 fully saturated rings. The number of methoxy groups -OCH3 is 1. The van der Waals surface area contributed by atoms with Gasteiger partial charge in [-0.15, -0.1) is 0 Å². The molecule has 1 aliphatic heterocycles. The highest BCUT2D eigenvalue weighted by Crippen LogP contribution is 2.29. The molecule has 1 saturated heterocycles. The lowest BCUT2D eigenvalue weighted by Crippen LogP contribution is -2.51. The molecule has 3 heteroatoms. The van der Waals surface area contributed by atoms with E-state index in [4.69, 9.17) is 4.74 Å². The van der Waals surface area contributed by atoms with E-state index >= 15 is 0 Å². The van der Waals surface area contributed by atoms with E-state index < -0.39 is 0 Å². The molecule has 106 valence electrons. The third kappa shape index (κ3) is 3.48. The van der Waals surface area contributed by atoms with Crippen molar-refractivity contribution in [3.8, 4) is 0 Å². The van der Waals surface area contributed by atoms with Gasteiger partial charge in [0, 0.05) is 32.4 Å². The van der Waals surface area contributed by atoms with E-state index in [1.807, 2.05) is 7.11 Å². The highest BCUT2D eigenvalue weighted by atomic mass is 16.5. The van der Waals surface area contributed by atoms with Crippen LogP contribution in [-0.4, -0.2) is 51.3 Å². The Morgan fingerprint density at radius 2 is 1.74 bits per heavy atom. The van der Waals surface area contributed by atoms with Crippen molar-refractivity contribution in [1.29, 1.82) is 0 Å². The van der Waals surface area contributed by atoms with Crippen LogP contribution in [0.4, 0.5) is 5.69 Å². The zero-order chi connectivity index (χ0) is 13.9. The van der Waals surface area contributed by atoms with Gasteiger partial charge in [-0.25, -0.2) is 0 Å². The minimum atomic E-state index is 0.0324. The van der Waals surface area contributed by atoms with Crippen LogP contribution in [-0.2, 0) is 4.74 Å². The van der Waals surface area contributed by atoms with E-state index in [9.17, 15) is 0 Å². The molecular weight excluding hydrogens is 236 g/mol. The van der Waals surface area contributed by atoms with Crippen molar-refractivity contribution >= 4 is 5.69 Å². The summed E-state index contributed by atoms with van der Waals surface area (Å²) in [7, 11) is 6.09. The molecule has 0 aliphatic carbocycles. The summed E-state index contributed by atoms with van der Waals surface area (Å²) in [6.45, 7) is 5.29. The van der Waals surface area contributed by atoms with E-state index in [0.717, 1.165) is 32.5 Å². The zero-order valence-corrected chi connectivity index (χ0v) is 12.6. The third-order valence-electron chi connectivity index (χ3n) is 4.11. The molecule has 0 N–H and O–H groups in total. The Morgan fingerprint density at radius 1 is 1.16 bits per heavy atom. The Kier molecular flexibility index (Phi) is 4.48. The van der Waals surface area contributed by atoms with Gasteiger partial charge in [0.15, 0.2) is 0 Å². The standard InChI is InChI=1S/C16H26N2O/c1-14-5-7-15(8-6-14)18-11-9-16(19-4,10-12-18)13-17(2)3/h5-8H,9-13H2,1-4H3. The predicted octanol–water partition coefficient (Wildman–Crippen LogP) is 2.54. The summed E-state index contributed by atoms with van der Waals surface area (Å²) >= 11 is 0. The van der Waals surface area contributed by atoms with Gasteiger partial charge >= 0.3 is 0 Å². The summed E-state index contributed by atoms with van der Waals surface area (Å²) in [5.74, 6) is 0. The molecule has 0 amide bonds. The second-order valence-corrected chi connectivity index (χ2v) is 5.95. The summed E-state index contributed by atoms with van der Waals surface area (Å²) in [6.07, 6.45) is 2.19. The Bertz CT molecular complexity index is 392. The van der Waals surface area contributed by atoms with Gasteiger partial charge in [-0.05, 0) is 46.0 Å². The highest BCUT2D eigenvalue weighted by Gasteiger charge is 2.35. The molecule has 0 spiro atoms. The molecule has 0 aromatic heterocycles. The van der Waals surface area contributed by atoms with Crippen molar-refractivity contribution in [2.45, 2.75) is 25.4 Å². The van der Waals surface area contributed by atoms with Crippen molar-refractivity contribution < 1.29 is 4.74 Å². The Labute approximate surface area is 117 Å². The summed E-state index contributed by atoms with van der Waals surface area (Å²) in [6, 6.07) is 8.82. The van der Waals surface area contributed by atoms with Crippen molar-refractivity contribution in [3.63, 3.8) is 0 Å². The molecule has 0 atom stereocenters. The van der Waals surface area contributed by atoms with Gasteiger partial charge in [0.2, 0.25) is 0 Å². The van der Waals surface area contributed by atoms with Crippen LogP contribution in [0.1, 0.15) is 18.4 Å². The number of likely N-dealkylation sites (N-methyl/N-ethyl adjacent to an activating group) is 1. The first-order valence-corrected chi connectivity index (χ1v) is 7.06. The lowest BCUT2D eigenvalue weighted by atomic mass is 9.90. The van der Waals surface area contributed by atoms with Crippen LogP contribution < -0.4 is 4.90 Å². The van der Waals surface area contributed by atoms with Crippen molar-refractivity contribution in [3.05, 3.63) is 29.8 Å². The molecular formula is C16H26N2O. The minimum absolute atomic E-state index is 0.0324. The van der Waals surface area contributed by atoms with Crippen LogP contribution in [0.3, 0.4) is 0 Å². The summed E-state index contributed by atoms with van der Waals surface area (Å²) in [5, 5.41) is 0. The number of hydrogen-bond donors (Lipinski definition) is 0. The maximum atomic E-state index is 5.82. The van der Waals surface area contributed by atoms with Gasteiger partial charge in [-0.1, -0.05) is 17.7 Å². The van der Waals surface area contributed by atoms with Crippen LogP contribution in [0.25, 0.3) is 0 Å². The van der Waals surface area contributed by atoms with E-state index in [0.29, 0.717) is 0 Å². The topological polar surface area (TPSA) is 15.7 Å². The first kappa shape index (κ1) is 14.4. The first-order chi connectivity index (χ1) is 9.04. The average Bonchev–Trinajstić information content (AvgIpc) is 2.40. The minimum Gasteiger partial charge on any atom is -0.377 e. The number of anilines is 1. The molecule has 3 nitrogen and oxygen atoms in total. The van der Waals surface area contributed by atoms with Crippen molar-refractivity contribution in [2.75, 3.05) is 45.7 Å². The first-order valence-electron chi connectivity index (χ1n) is 7.06. The Morgan fingerprint density at radius 3 is 2.21 bits per heavy atom. The largest absolute Gasteiger partial charge is 0.377 e. The van der Waals surface area contributed by atoms with Crippen molar-refractivity contribution in [2.24, 2.45) is 0 Å². The van der Waals surface area contributed by atoms with Gasteiger partial charge < -0.3 is 14.5 Å². The van der Waals surface area contributed by atoms with E-state index in [2.05, 4.69) is 55.1 Å². The zero-order valence-electron chi connectivity index (χ0n) is 12.6. The highest BCUT2D eigenvalue weighted by molar-refractivity contribution is 5.48. The molecule has 0 saturated carbocycles. The smallest absolute Gasteiger partial charge is 0.0838 e. The number of hydrogen-bond acceptors (Lipinski definition) is 3. The van der Waals surface area contributed by atoms with Gasteiger partial charge in [-0.2, -0.15) is 0 Å². The number of aryl methyl sites for hydroxylation is 1. The molecule has 1 heterocycles. The summed E-state index contributed by atoms with van der Waals surface area (Å²) < 4.78 is 5.82. The SMILES string of the molecule is COC1(CN(C)C)CCN(c2ccc(C)cc2)CC1. The monoisotopic (exact) mass is 262 g/mol. The maximum Gasteiger partial charge on any atom is 0.0838 e. The lowest BCUT2D eigenvalue weighted by Gasteiger charge is -2.43. The molecule has 1 aliphatic rings. The van der Waals surface area contributed by atoms with Gasteiger partial charge in [0.1, 0.15) is 0 Å². The third-order valence-corrected chi connectivity index (χ3v) is 4.11. The quantitative estimate of drug-likeness (QED) is 0.829. The van der Waals surface area contributed by atoms with E-state index in [1.165, 1.54) is 11.3 Å². The maximum absolute atomic E-state index is 5.82. The van der Waals surface area contributed by atoms with Crippen LogP contribution in [0.2, 0.25) is 0 Å². The number of piperidine rings is 1. The predicted molar refractivity (Wildman–Crippen MR) is 80.9 cm³/mol. The fourth-order valence-corrected chi connectivity index (χ4v) is 2.93. The molecule has 1 aromatic carbocycles. The number of rotatable bonds is 4. The van der Waals surface area contributed by atoms with Gasteiger partial charge in [0.25, 0.3) is 0 Å². The number of benzene rings is 1. The van der Waals surface area contributed by atoms with Crippen LogP contribution in [0.15, 0.2) is 24.3 Å². The molecule has 19 heavy (non-hydrogen) atoms. The molecule has 0 radical (unpaired) electrons. The molecule has 2 rings (SSSR count). The van der Waals surface area contributed by atoms with E-state index in [1.54, 1.807) is 0 Å². The van der Waals surface area contributed by atoms with Crippen LogP contribution in [0.5, 0.6) is 0 Å². The van der Waals surface area contributed by atoms with Crippen LogP contribution in [0, 0.1) is 6.92 Å². The second-order valence-electron chi connectivity index (χ2n) is 5.95. The lowest BCUT2D eigenvalue weighted by molar-refractivity contribution is -0.0454. The van der Waals surface area contributed by atoms with Gasteiger partial charge in [-0.3, -0.25) is 0 Å². The number of ether oxygens (including phenoxy) is 1. The Balaban J connectivity index is 1.99. The summed E-state index contributed by atoms with van der Waals surface area (Å²) in [4.78, 5) is 4.69. The molecule has 1 aromatic rings. The fraction of sp³-hybridized carbons (Fsp3) is 0.625. The second kappa shape index (κ2) is 5.93. The normalized spacial score (nSPS) is 18.9. The van der Waals surface area contributed by atoms with Gasteiger partial charge in [0.05, 0.1) is 5.60 Å². The fourth-order valence-electron chi connectivity index (χ4n) is 2.93. The molecule has 0 bridgehead atoms. The van der Waals surface area contributed by atoms with Crippen LogP contribution >= 0.6 is 0 Å². The average molecular weight is 262 g/mol. The van der Waals surface area contributed by atoms with E-state index in [-0.39, 0.29) is 5.60 Å².